The molecule has 0 saturated heterocycles. The van der Waals surface area contributed by atoms with Crippen LogP contribution in [0.4, 0.5) is 0 Å². The lowest BCUT2D eigenvalue weighted by Gasteiger charge is -2.34. The van der Waals surface area contributed by atoms with Crippen molar-refractivity contribution in [3.05, 3.63) is 0 Å². The molecule has 108 valence electrons. The maximum atomic E-state index is 11.4. The van der Waals surface area contributed by atoms with Crippen LogP contribution in [-0.4, -0.2) is 60.4 Å². The first-order chi connectivity index (χ1) is 8.58. The van der Waals surface area contributed by atoms with E-state index in [2.05, 4.69) is 0 Å². The Hall–Kier alpha value is -0.690. The summed E-state index contributed by atoms with van der Waals surface area (Å²) in [5.41, 5.74) is -1.06. The van der Waals surface area contributed by atoms with E-state index < -0.39 is 17.5 Å². The van der Waals surface area contributed by atoms with Crippen LogP contribution in [0.15, 0.2) is 0 Å². The second-order valence-electron chi connectivity index (χ2n) is 4.05. The van der Waals surface area contributed by atoms with E-state index in [1.807, 2.05) is 0 Å². The van der Waals surface area contributed by atoms with Gasteiger partial charge in [0.25, 0.3) is 0 Å². The zero-order chi connectivity index (χ0) is 14.0. The van der Waals surface area contributed by atoms with Crippen molar-refractivity contribution in [2.75, 3.05) is 33.0 Å². The Kier molecular flexibility index (Phi) is 8.91. The molecular weight excluding hydrogens is 240 g/mol. The minimum Gasteiger partial charge on any atom is -0.481 e. The van der Waals surface area contributed by atoms with Crippen molar-refractivity contribution >= 4 is 5.97 Å². The summed E-state index contributed by atoms with van der Waals surface area (Å²) in [6, 6.07) is 0. The summed E-state index contributed by atoms with van der Waals surface area (Å²) in [7, 11) is 0. The summed E-state index contributed by atoms with van der Waals surface area (Å²) in [6.07, 6.45) is 0.0334. The van der Waals surface area contributed by atoms with E-state index in [0.29, 0.717) is 12.8 Å². The van der Waals surface area contributed by atoms with Crippen LogP contribution in [0, 0.1) is 5.41 Å². The van der Waals surface area contributed by atoms with Gasteiger partial charge in [-0.1, -0.05) is 13.8 Å². The molecule has 0 aliphatic heterocycles. The highest BCUT2D eigenvalue weighted by Crippen LogP contribution is 2.33. The Labute approximate surface area is 108 Å². The first-order valence-corrected chi connectivity index (χ1v) is 6.23. The van der Waals surface area contributed by atoms with Crippen LogP contribution >= 0.6 is 0 Å². The average Bonchev–Trinajstić information content (AvgIpc) is 2.37. The van der Waals surface area contributed by atoms with Gasteiger partial charge >= 0.3 is 5.97 Å². The van der Waals surface area contributed by atoms with Gasteiger partial charge < -0.3 is 24.8 Å². The molecule has 0 aromatic rings. The Morgan fingerprint density at radius 1 is 1.17 bits per heavy atom. The van der Waals surface area contributed by atoms with Gasteiger partial charge in [0.15, 0.2) is 0 Å². The van der Waals surface area contributed by atoms with E-state index in [1.54, 1.807) is 13.8 Å². The standard InChI is InChI=1S/C12H24O6/c1-3-12(4-2,11(15)16)10(9-14)18-8-7-17-6-5-13/h10,13-14H,3-9H2,1-2H3,(H,15,16). The monoisotopic (exact) mass is 264 g/mol. The van der Waals surface area contributed by atoms with E-state index in [9.17, 15) is 15.0 Å². The zero-order valence-corrected chi connectivity index (χ0v) is 11.1. The minimum absolute atomic E-state index is 0.0631. The Morgan fingerprint density at radius 2 is 1.78 bits per heavy atom. The van der Waals surface area contributed by atoms with Crippen LogP contribution in [0.2, 0.25) is 0 Å². The summed E-state index contributed by atoms with van der Waals surface area (Å²) in [6.45, 7) is 3.82. The van der Waals surface area contributed by atoms with Gasteiger partial charge in [-0.3, -0.25) is 4.79 Å². The van der Waals surface area contributed by atoms with Crippen molar-refractivity contribution < 1.29 is 29.6 Å². The molecule has 3 N–H and O–H groups in total. The van der Waals surface area contributed by atoms with Crippen molar-refractivity contribution in [2.24, 2.45) is 5.41 Å². The summed E-state index contributed by atoms with van der Waals surface area (Å²) in [4.78, 5) is 11.4. The highest BCUT2D eigenvalue weighted by molar-refractivity contribution is 5.75. The number of hydrogen-bond donors (Lipinski definition) is 3. The van der Waals surface area contributed by atoms with Crippen molar-refractivity contribution in [1.29, 1.82) is 0 Å². The Morgan fingerprint density at radius 3 is 2.17 bits per heavy atom. The molecular formula is C12H24O6. The number of carboxylic acids is 1. The van der Waals surface area contributed by atoms with Gasteiger partial charge in [0.05, 0.1) is 44.6 Å². The quantitative estimate of drug-likeness (QED) is 0.463. The molecule has 1 atom stereocenters. The number of carbonyl (C=O) groups is 1. The van der Waals surface area contributed by atoms with Gasteiger partial charge in [-0.25, -0.2) is 0 Å². The zero-order valence-electron chi connectivity index (χ0n) is 11.1. The second-order valence-corrected chi connectivity index (χ2v) is 4.05. The molecule has 0 aromatic heterocycles. The fourth-order valence-corrected chi connectivity index (χ4v) is 1.95. The van der Waals surface area contributed by atoms with Crippen molar-refractivity contribution in [1.82, 2.24) is 0 Å². The van der Waals surface area contributed by atoms with E-state index in [0.717, 1.165) is 0 Å². The Balaban J connectivity index is 4.39. The molecule has 0 aliphatic carbocycles. The summed E-state index contributed by atoms with van der Waals surface area (Å²) >= 11 is 0. The molecule has 0 aliphatic rings. The lowest BCUT2D eigenvalue weighted by molar-refractivity contribution is -0.166. The van der Waals surface area contributed by atoms with E-state index in [-0.39, 0.29) is 33.0 Å². The summed E-state index contributed by atoms with van der Waals surface area (Å²) in [5, 5.41) is 27.1. The summed E-state index contributed by atoms with van der Waals surface area (Å²) in [5.74, 6) is -0.956. The summed E-state index contributed by atoms with van der Waals surface area (Å²) < 4.78 is 10.4. The van der Waals surface area contributed by atoms with Gasteiger partial charge in [0.2, 0.25) is 0 Å². The number of aliphatic carboxylic acids is 1. The third-order valence-electron chi connectivity index (χ3n) is 3.25. The lowest BCUT2D eigenvalue weighted by atomic mass is 9.77. The van der Waals surface area contributed by atoms with E-state index in [4.69, 9.17) is 14.6 Å². The number of ether oxygens (including phenoxy) is 2. The highest BCUT2D eigenvalue weighted by Gasteiger charge is 2.43. The maximum absolute atomic E-state index is 11.4. The van der Waals surface area contributed by atoms with Gasteiger partial charge in [-0.05, 0) is 12.8 Å². The third kappa shape index (κ3) is 4.53. The van der Waals surface area contributed by atoms with Crippen LogP contribution < -0.4 is 0 Å². The first kappa shape index (κ1) is 17.3. The smallest absolute Gasteiger partial charge is 0.312 e. The predicted octanol–water partition coefficient (Wildman–Crippen LogP) is 0.264. The third-order valence-corrected chi connectivity index (χ3v) is 3.25. The molecule has 0 radical (unpaired) electrons. The van der Waals surface area contributed by atoms with Crippen LogP contribution in [0.3, 0.4) is 0 Å². The molecule has 0 rings (SSSR count). The largest absolute Gasteiger partial charge is 0.481 e. The fourth-order valence-electron chi connectivity index (χ4n) is 1.95. The predicted molar refractivity (Wildman–Crippen MR) is 65.4 cm³/mol. The minimum atomic E-state index is -1.06. The molecule has 6 nitrogen and oxygen atoms in total. The van der Waals surface area contributed by atoms with Crippen molar-refractivity contribution in [2.45, 2.75) is 32.8 Å². The molecule has 0 saturated carbocycles. The molecule has 6 heteroatoms. The fraction of sp³-hybridized carbons (Fsp3) is 0.917. The molecule has 0 amide bonds. The van der Waals surface area contributed by atoms with Gasteiger partial charge in [-0.2, -0.15) is 0 Å². The molecule has 1 unspecified atom stereocenters. The number of aliphatic hydroxyl groups is 2. The normalized spacial score (nSPS) is 13.6. The first-order valence-electron chi connectivity index (χ1n) is 6.23. The van der Waals surface area contributed by atoms with Gasteiger partial charge in [0.1, 0.15) is 0 Å². The molecule has 0 fully saturated rings. The number of aliphatic hydroxyl groups excluding tert-OH is 2. The SMILES string of the molecule is CCC(CC)(C(=O)O)C(CO)OCCOCCO. The number of rotatable bonds is 11. The molecule has 0 heterocycles. The molecule has 0 spiro atoms. The highest BCUT2D eigenvalue weighted by atomic mass is 16.5. The van der Waals surface area contributed by atoms with Crippen LogP contribution in [0.5, 0.6) is 0 Å². The van der Waals surface area contributed by atoms with Gasteiger partial charge in [-0.15, -0.1) is 0 Å². The van der Waals surface area contributed by atoms with E-state index >= 15 is 0 Å². The molecule has 0 bridgehead atoms. The van der Waals surface area contributed by atoms with E-state index in [1.165, 1.54) is 0 Å². The second kappa shape index (κ2) is 9.27. The van der Waals surface area contributed by atoms with Gasteiger partial charge in [0, 0.05) is 0 Å². The molecule has 0 aromatic carbocycles. The topological polar surface area (TPSA) is 96.2 Å². The van der Waals surface area contributed by atoms with Crippen molar-refractivity contribution in [3.8, 4) is 0 Å². The van der Waals surface area contributed by atoms with Crippen LogP contribution in [-0.2, 0) is 14.3 Å². The van der Waals surface area contributed by atoms with Crippen LogP contribution in [0.25, 0.3) is 0 Å². The lowest BCUT2D eigenvalue weighted by Crippen LogP contribution is -2.45. The van der Waals surface area contributed by atoms with Crippen LogP contribution in [0.1, 0.15) is 26.7 Å². The molecule has 18 heavy (non-hydrogen) atoms. The van der Waals surface area contributed by atoms with Crippen molar-refractivity contribution in [3.63, 3.8) is 0 Å². The average molecular weight is 264 g/mol. The Bertz CT molecular complexity index is 227. The number of carboxylic acid groups (broad SMARTS) is 1. The maximum Gasteiger partial charge on any atom is 0.312 e. The number of hydrogen-bond acceptors (Lipinski definition) is 5.